The van der Waals surface area contributed by atoms with E-state index in [0.29, 0.717) is 0 Å². The second kappa shape index (κ2) is 7.78. The fourth-order valence-electron chi connectivity index (χ4n) is 2.91. The van der Waals surface area contributed by atoms with Gasteiger partial charge >= 0.3 is 5.97 Å². The summed E-state index contributed by atoms with van der Waals surface area (Å²) in [6.45, 7) is 0. The number of halogens is 1. The number of hydrogen-bond donors (Lipinski definition) is 1. The highest BCUT2D eigenvalue weighted by Gasteiger charge is 2.24. The summed E-state index contributed by atoms with van der Waals surface area (Å²) in [5.74, 6) is -1.87. The van der Waals surface area contributed by atoms with Gasteiger partial charge in [0, 0.05) is 6.42 Å². The zero-order chi connectivity index (χ0) is 18.5. The number of ether oxygens (including phenoxy) is 1. The van der Waals surface area contributed by atoms with Crippen LogP contribution in [0.25, 0.3) is 10.8 Å². The van der Waals surface area contributed by atoms with Gasteiger partial charge in [-0.3, -0.25) is 4.79 Å². The molecule has 0 bridgehead atoms. The second-order valence-corrected chi connectivity index (χ2v) is 5.87. The molecular weight excluding hydrogens is 333 g/mol. The van der Waals surface area contributed by atoms with Crippen molar-refractivity contribution in [3.63, 3.8) is 0 Å². The fraction of sp³-hybridized carbons (Fsp3) is 0.143. The van der Waals surface area contributed by atoms with Gasteiger partial charge in [0.05, 0.1) is 12.7 Å². The average Bonchev–Trinajstić information content (AvgIpc) is 2.67. The Morgan fingerprint density at radius 2 is 1.69 bits per heavy atom. The minimum absolute atomic E-state index is 0.112. The molecule has 0 spiro atoms. The molecule has 0 radical (unpaired) electrons. The van der Waals surface area contributed by atoms with Crippen LogP contribution in [0.4, 0.5) is 4.39 Å². The largest absolute Gasteiger partial charge is 0.467 e. The van der Waals surface area contributed by atoms with Gasteiger partial charge in [-0.1, -0.05) is 54.6 Å². The first-order valence-electron chi connectivity index (χ1n) is 8.20. The molecule has 0 heterocycles. The van der Waals surface area contributed by atoms with Crippen LogP contribution in [0.2, 0.25) is 0 Å². The molecule has 0 aromatic heterocycles. The lowest BCUT2D eigenvalue weighted by Crippen LogP contribution is -2.43. The molecular formula is C21H18FNO3. The van der Waals surface area contributed by atoms with E-state index in [4.69, 9.17) is 4.74 Å². The molecule has 0 aliphatic heterocycles. The van der Waals surface area contributed by atoms with Crippen molar-refractivity contribution < 1.29 is 18.7 Å². The summed E-state index contributed by atoms with van der Waals surface area (Å²) in [5.41, 5.74) is 0.784. The molecule has 0 aliphatic rings. The lowest BCUT2D eigenvalue weighted by atomic mass is 9.98. The monoisotopic (exact) mass is 351 g/mol. The highest BCUT2D eigenvalue weighted by atomic mass is 19.1. The maximum absolute atomic E-state index is 13.8. The number of carbonyl (C=O) groups excluding carboxylic acids is 2. The van der Waals surface area contributed by atoms with E-state index in [1.807, 2.05) is 42.5 Å². The molecule has 0 aliphatic carbocycles. The molecule has 0 fully saturated rings. The molecule has 26 heavy (non-hydrogen) atoms. The van der Waals surface area contributed by atoms with Crippen molar-refractivity contribution in [2.45, 2.75) is 12.5 Å². The molecule has 4 nitrogen and oxygen atoms in total. The van der Waals surface area contributed by atoms with Gasteiger partial charge in [0.25, 0.3) is 5.91 Å². The zero-order valence-electron chi connectivity index (χ0n) is 14.2. The molecule has 132 valence electrons. The zero-order valence-corrected chi connectivity index (χ0v) is 14.2. The smallest absolute Gasteiger partial charge is 0.328 e. The van der Waals surface area contributed by atoms with E-state index in [-0.39, 0.29) is 12.0 Å². The number of rotatable bonds is 5. The summed E-state index contributed by atoms with van der Waals surface area (Å²) in [6.07, 6.45) is 0.244. The minimum atomic E-state index is -0.919. The summed E-state index contributed by atoms with van der Waals surface area (Å²) in [4.78, 5) is 24.6. The first-order valence-corrected chi connectivity index (χ1v) is 8.20. The summed E-state index contributed by atoms with van der Waals surface area (Å²) < 4.78 is 18.6. The van der Waals surface area contributed by atoms with E-state index in [2.05, 4.69) is 5.32 Å². The van der Waals surface area contributed by atoms with E-state index in [0.717, 1.165) is 16.3 Å². The third-order valence-corrected chi connectivity index (χ3v) is 4.21. The third kappa shape index (κ3) is 3.72. The Morgan fingerprint density at radius 3 is 2.46 bits per heavy atom. The molecule has 1 atom stereocenters. The topological polar surface area (TPSA) is 55.4 Å². The SMILES string of the molecule is COC(=O)[C@@H](Cc1cccc2ccccc12)NC(=O)c1ccccc1F. The molecule has 3 aromatic carbocycles. The van der Waals surface area contributed by atoms with Crippen molar-refractivity contribution in [2.24, 2.45) is 0 Å². The predicted molar refractivity (Wildman–Crippen MR) is 97.3 cm³/mol. The Hall–Kier alpha value is -3.21. The maximum Gasteiger partial charge on any atom is 0.328 e. The first kappa shape index (κ1) is 17.6. The molecule has 0 unspecified atom stereocenters. The Morgan fingerprint density at radius 1 is 1.00 bits per heavy atom. The number of benzene rings is 3. The first-order chi connectivity index (χ1) is 12.6. The lowest BCUT2D eigenvalue weighted by molar-refractivity contribution is -0.142. The van der Waals surface area contributed by atoms with Crippen LogP contribution in [0.15, 0.2) is 66.7 Å². The number of nitrogens with one attached hydrogen (secondary N) is 1. The van der Waals surface area contributed by atoms with Crippen molar-refractivity contribution in [3.8, 4) is 0 Å². The molecule has 5 heteroatoms. The Balaban J connectivity index is 1.88. The van der Waals surface area contributed by atoms with Gasteiger partial charge in [-0.25, -0.2) is 9.18 Å². The number of carbonyl (C=O) groups is 2. The Labute approximate surface area is 150 Å². The predicted octanol–water partition coefficient (Wildman–Crippen LogP) is 3.49. The Bertz CT molecular complexity index is 949. The summed E-state index contributed by atoms with van der Waals surface area (Å²) >= 11 is 0. The molecule has 1 amide bonds. The van der Waals surface area contributed by atoms with Crippen molar-refractivity contribution in [1.29, 1.82) is 0 Å². The van der Waals surface area contributed by atoms with Crippen LogP contribution in [-0.4, -0.2) is 25.0 Å². The van der Waals surface area contributed by atoms with Gasteiger partial charge in [-0.2, -0.15) is 0 Å². The third-order valence-electron chi connectivity index (χ3n) is 4.21. The van der Waals surface area contributed by atoms with Crippen molar-refractivity contribution in [2.75, 3.05) is 7.11 Å². The number of hydrogen-bond acceptors (Lipinski definition) is 3. The van der Waals surface area contributed by atoms with E-state index >= 15 is 0 Å². The van der Waals surface area contributed by atoms with E-state index in [1.54, 1.807) is 6.07 Å². The van der Waals surface area contributed by atoms with Gasteiger partial charge in [-0.05, 0) is 28.5 Å². The number of methoxy groups -OCH3 is 1. The number of esters is 1. The molecule has 0 saturated heterocycles. The van der Waals surface area contributed by atoms with Gasteiger partial charge < -0.3 is 10.1 Å². The quantitative estimate of drug-likeness (QED) is 0.716. The molecule has 1 N–H and O–H groups in total. The van der Waals surface area contributed by atoms with Gasteiger partial charge in [0.1, 0.15) is 11.9 Å². The summed E-state index contributed by atoms with van der Waals surface area (Å²) in [6, 6.07) is 18.3. The fourth-order valence-corrected chi connectivity index (χ4v) is 2.91. The van der Waals surface area contributed by atoms with E-state index in [9.17, 15) is 14.0 Å². The Kier molecular flexibility index (Phi) is 5.27. The molecule has 0 saturated carbocycles. The lowest BCUT2D eigenvalue weighted by Gasteiger charge is -2.18. The number of amides is 1. The molecule has 3 rings (SSSR count). The molecule has 3 aromatic rings. The van der Waals surface area contributed by atoms with Crippen LogP contribution in [0.5, 0.6) is 0 Å². The highest BCUT2D eigenvalue weighted by Crippen LogP contribution is 2.20. The van der Waals surface area contributed by atoms with Crippen LogP contribution in [-0.2, 0) is 16.0 Å². The van der Waals surface area contributed by atoms with Crippen LogP contribution in [0.3, 0.4) is 0 Å². The van der Waals surface area contributed by atoms with Crippen molar-refractivity contribution in [1.82, 2.24) is 5.32 Å². The van der Waals surface area contributed by atoms with Crippen molar-refractivity contribution in [3.05, 3.63) is 83.7 Å². The number of fused-ring (bicyclic) bond motifs is 1. The second-order valence-electron chi connectivity index (χ2n) is 5.87. The highest BCUT2D eigenvalue weighted by molar-refractivity contribution is 5.97. The average molecular weight is 351 g/mol. The summed E-state index contributed by atoms with van der Waals surface area (Å²) in [5, 5.41) is 4.61. The normalized spacial score (nSPS) is 11.8. The van der Waals surface area contributed by atoms with Gasteiger partial charge in [0.15, 0.2) is 0 Å². The minimum Gasteiger partial charge on any atom is -0.467 e. The van der Waals surface area contributed by atoms with Gasteiger partial charge in [0.2, 0.25) is 0 Å². The maximum atomic E-state index is 13.8. The van der Waals surface area contributed by atoms with Crippen LogP contribution in [0.1, 0.15) is 15.9 Å². The van der Waals surface area contributed by atoms with Crippen LogP contribution < -0.4 is 5.32 Å². The van der Waals surface area contributed by atoms with E-state index in [1.165, 1.54) is 25.3 Å². The standard InChI is InChI=1S/C21H18FNO3/c1-26-21(25)19(23-20(24)17-11-4-5-12-18(17)22)13-15-9-6-8-14-7-2-3-10-16(14)15/h2-12,19H,13H2,1H3,(H,23,24)/t19-/m1/s1. The van der Waals surface area contributed by atoms with Crippen LogP contribution >= 0.6 is 0 Å². The van der Waals surface area contributed by atoms with Crippen molar-refractivity contribution >= 4 is 22.6 Å². The van der Waals surface area contributed by atoms with E-state index < -0.39 is 23.7 Å². The van der Waals surface area contributed by atoms with Gasteiger partial charge in [-0.15, -0.1) is 0 Å². The summed E-state index contributed by atoms with van der Waals surface area (Å²) in [7, 11) is 1.26. The van der Waals surface area contributed by atoms with Crippen LogP contribution in [0, 0.1) is 5.82 Å².